The Bertz CT molecular complexity index is 617. The first-order valence-electron chi connectivity index (χ1n) is 9.28. The largest absolute Gasteiger partial charge is 0.490 e. The monoisotopic (exact) mass is 469 g/mol. The Morgan fingerprint density at radius 1 is 0.964 bits per heavy atom. The second-order valence-electron chi connectivity index (χ2n) is 5.91. The van der Waals surface area contributed by atoms with E-state index in [0.29, 0.717) is 34.8 Å². The normalized spacial score (nSPS) is 10.4. The molecule has 1 N–H and O–H groups in total. The van der Waals surface area contributed by atoms with Gasteiger partial charge in [0, 0.05) is 18.3 Å². The van der Waals surface area contributed by atoms with Gasteiger partial charge in [0.2, 0.25) is 0 Å². The summed E-state index contributed by atoms with van der Waals surface area (Å²) in [6, 6.07) is 3.29. The average Bonchev–Trinajstić information content (AvgIpc) is 2.65. The van der Waals surface area contributed by atoms with Crippen molar-refractivity contribution in [3.8, 4) is 11.5 Å². The van der Waals surface area contributed by atoms with Gasteiger partial charge in [-0.15, -0.1) is 0 Å². The van der Waals surface area contributed by atoms with Crippen molar-refractivity contribution in [1.82, 2.24) is 5.48 Å². The third-order valence-electron chi connectivity index (χ3n) is 3.85. The highest BCUT2D eigenvalue weighted by Crippen LogP contribution is 2.37. The molecule has 0 atom stereocenters. The van der Waals surface area contributed by atoms with Gasteiger partial charge in [-0.1, -0.05) is 65.8 Å². The zero-order chi connectivity index (χ0) is 20.8. The van der Waals surface area contributed by atoms with Gasteiger partial charge in [0.15, 0.2) is 5.75 Å². The van der Waals surface area contributed by atoms with Gasteiger partial charge in [0.25, 0.3) is 0 Å². The number of ether oxygens (including phenoxy) is 2. The Morgan fingerprint density at radius 2 is 1.61 bits per heavy atom. The summed E-state index contributed by atoms with van der Waals surface area (Å²) in [7, 11) is 0. The minimum Gasteiger partial charge on any atom is -0.490 e. The van der Waals surface area contributed by atoms with E-state index in [4.69, 9.17) is 60.7 Å². The molecule has 0 aliphatic heterocycles. The molecule has 1 aromatic carbocycles. The molecule has 0 amide bonds. The smallest absolute Gasteiger partial charge is 0.156 e. The molecule has 8 heteroatoms. The molecule has 0 saturated heterocycles. The Kier molecular flexibility index (Phi) is 13.6. The summed E-state index contributed by atoms with van der Waals surface area (Å²) >= 11 is 23.5. The lowest BCUT2D eigenvalue weighted by molar-refractivity contribution is 0.0668. The third-order valence-corrected chi connectivity index (χ3v) is 4.72. The molecule has 0 aliphatic rings. The first kappa shape index (κ1) is 25.3. The van der Waals surface area contributed by atoms with Gasteiger partial charge in [-0.2, -0.15) is 0 Å². The van der Waals surface area contributed by atoms with Crippen LogP contribution in [0.5, 0.6) is 11.5 Å². The van der Waals surface area contributed by atoms with Crippen LogP contribution in [0.4, 0.5) is 0 Å². The third kappa shape index (κ3) is 10.7. The molecule has 28 heavy (non-hydrogen) atoms. The van der Waals surface area contributed by atoms with E-state index in [2.05, 4.69) is 19.3 Å². The van der Waals surface area contributed by atoms with Gasteiger partial charge < -0.3 is 9.47 Å². The van der Waals surface area contributed by atoms with Crippen molar-refractivity contribution in [1.29, 1.82) is 0 Å². The molecule has 1 aromatic rings. The summed E-state index contributed by atoms with van der Waals surface area (Å²) in [6.45, 7) is 5.65. The molecule has 158 valence electrons. The van der Waals surface area contributed by atoms with Crippen molar-refractivity contribution in [3.05, 3.63) is 44.5 Å². The summed E-state index contributed by atoms with van der Waals surface area (Å²) in [5, 5.41) is 0.788. The van der Waals surface area contributed by atoms with Crippen LogP contribution < -0.4 is 15.0 Å². The molecule has 0 spiro atoms. The predicted molar refractivity (Wildman–Crippen MR) is 119 cm³/mol. The quantitative estimate of drug-likeness (QED) is 0.226. The van der Waals surface area contributed by atoms with E-state index in [1.165, 1.54) is 11.6 Å². The number of allylic oxidation sites excluding steroid dienone is 1. The highest BCUT2D eigenvalue weighted by Gasteiger charge is 2.10. The standard InChI is InChI=1S/C20H27Cl4NO3/c1-3-15(4-2)14-25-28-10-7-5-6-9-27-20-17(21)12-16(13-18(20)22)26-11-8-19(23)24/h8,12-14,25H,3-7,9-11H2,1-2H3. The molecule has 4 nitrogen and oxygen atoms in total. The van der Waals surface area contributed by atoms with Gasteiger partial charge in [-0.3, -0.25) is 10.3 Å². The SMILES string of the molecule is CCC(=CNOCCCCCOc1c(Cl)cc(OCC=C(Cl)Cl)cc1Cl)CC. The fourth-order valence-corrected chi connectivity index (χ4v) is 2.93. The van der Waals surface area contributed by atoms with Gasteiger partial charge in [-0.05, 0) is 38.2 Å². The summed E-state index contributed by atoms with van der Waals surface area (Å²) in [5.74, 6) is 0.970. The van der Waals surface area contributed by atoms with Crippen LogP contribution in [-0.4, -0.2) is 19.8 Å². The first-order valence-corrected chi connectivity index (χ1v) is 10.8. The van der Waals surface area contributed by atoms with Crippen molar-refractivity contribution < 1.29 is 14.3 Å². The average molecular weight is 471 g/mol. The Labute approximate surface area is 187 Å². The summed E-state index contributed by atoms with van der Waals surface area (Å²) < 4.78 is 11.3. The lowest BCUT2D eigenvalue weighted by Gasteiger charge is -2.12. The molecule has 0 unspecified atom stereocenters. The molecule has 0 heterocycles. The molecule has 0 saturated carbocycles. The van der Waals surface area contributed by atoms with E-state index < -0.39 is 0 Å². The van der Waals surface area contributed by atoms with Crippen molar-refractivity contribution in [2.24, 2.45) is 0 Å². The minimum absolute atomic E-state index is 0.140. The topological polar surface area (TPSA) is 39.7 Å². The molecule has 0 radical (unpaired) electrons. The van der Waals surface area contributed by atoms with Crippen LogP contribution in [0.25, 0.3) is 0 Å². The molecule has 0 aliphatic carbocycles. The van der Waals surface area contributed by atoms with E-state index >= 15 is 0 Å². The predicted octanol–water partition coefficient (Wildman–Crippen LogP) is 7.47. The van der Waals surface area contributed by atoms with Crippen LogP contribution in [0.1, 0.15) is 46.0 Å². The van der Waals surface area contributed by atoms with Crippen molar-refractivity contribution in [2.45, 2.75) is 46.0 Å². The number of rotatable bonds is 14. The van der Waals surface area contributed by atoms with Crippen molar-refractivity contribution in [2.75, 3.05) is 19.8 Å². The highest BCUT2D eigenvalue weighted by atomic mass is 35.5. The number of nitrogens with one attached hydrogen (secondary N) is 1. The van der Waals surface area contributed by atoms with E-state index in [1.54, 1.807) is 12.1 Å². The second kappa shape index (κ2) is 15.1. The number of hydrogen-bond acceptors (Lipinski definition) is 4. The molecular weight excluding hydrogens is 444 g/mol. The van der Waals surface area contributed by atoms with E-state index in [1.807, 2.05) is 6.20 Å². The zero-order valence-corrected chi connectivity index (χ0v) is 19.2. The molecule has 0 bridgehead atoms. The zero-order valence-electron chi connectivity index (χ0n) is 16.2. The number of hydroxylamine groups is 1. The lowest BCUT2D eigenvalue weighted by atomic mass is 10.2. The van der Waals surface area contributed by atoms with Crippen LogP contribution in [0.15, 0.2) is 34.5 Å². The maximum atomic E-state index is 6.23. The van der Waals surface area contributed by atoms with E-state index in [9.17, 15) is 0 Å². The lowest BCUT2D eigenvalue weighted by Crippen LogP contribution is -2.09. The van der Waals surface area contributed by atoms with Crippen LogP contribution in [0.3, 0.4) is 0 Å². The van der Waals surface area contributed by atoms with Crippen LogP contribution in [0.2, 0.25) is 10.0 Å². The van der Waals surface area contributed by atoms with Crippen LogP contribution >= 0.6 is 46.4 Å². The van der Waals surface area contributed by atoms with Crippen LogP contribution in [-0.2, 0) is 4.84 Å². The molecule has 1 rings (SSSR count). The van der Waals surface area contributed by atoms with Gasteiger partial charge in [-0.25, -0.2) is 0 Å². The fourth-order valence-electron chi connectivity index (χ4n) is 2.22. The Balaban J connectivity index is 2.26. The van der Waals surface area contributed by atoms with E-state index in [-0.39, 0.29) is 11.1 Å². The maximum absolute atomic E-state index is 6.23. The highest BCUT2D eigenvalue weighted by molar-refractivity contribution is 6.55. The molecule has 0 aromatic heterocycles. The molecular formula is C20H27Cl4NO3. The minimum atomic E-state index is 0.140. The second-order valence-corrected chi connectivity index (χ2v) is 7.73. The van der Waals surface area contributed by atoms with E-state index in [0.717, 1.165) is 32.1 Å². The number of halogens is 4. The summed E-state index contributed by atoms with van der Waals surface area (Å²) in [6.07, 6.45) is 8.30. The fraction of sp³-hybridized carbons (Fsp3) is 0.500. The van der Waals surface area contributed by atoms with Gasteiger partial charge >= 0.3 is 0 Å². The van der Waals surface area contributed by atoms with Crippen molar-refractivity contribution >= 4 is 46.4 Å². The first-order chi connectivity index (χ1) is 13.5. The summed E-state index contributed by atoms with van der Waals surface area (Å²) in [5.41, 5.74) is 4.22. The van der Waals surface area contributed by atoms with Crippen LogP contribution in [0, 0.1) is 0 Å². The molecule has 0 fully saturated rings. The Hall–Kier alpha value is -0.780. The number of unbranched alkanes of at least 4 members (excludes halogenated alkanes) is 2. The maximum Gasteiger partial charge on any atom is 0.156 e. The van der Waals surface area contributed by atoms with Crippen molar-refractivity contribution in [3.63, 3.8) is 0 Å². The number of hydrogen-bond donors (Lipinski definition) is 1. The van der Waals surface area contributed by atoms with Gasteiger partial charge in [0.1, 0.15) is 16.8 Å². The summed E-state index contributed by atoms with van der Waals surface area (Å²) in [4.78, 5) is 5.39. The Morgan fingerprint density at radius 3 is 2.21 bits per heavy atom. The number of benzene rings is 1. The van der Waals surface area contributed by atoms with Gasteiger partial charge in [0.05, 0.1) is 23.3 Å².